The van der Waals surface area contributed by atoms with Crippen LogP contribution in [0.25, 0.3) is 0 Å². The fourth-order valence-corrected chi connectivity index (χ4v) is 2.12. The molecule has 0 radical (unpaired) electrons. The van der Waals surface area contributed by atoms with E-state index in [9.17, 15) is 9.90 Å². The third-order valence-electron chi connectivity index (χ3n) is 3.40. The molecule has 0 heterocycles. The van der Waals surface area contributed by atoms with Gasteiger partial charge in [0, 0.05) is 6.61 Å². The summed E-state index contributed by atoms with van der Waals surface area (Å²) in [7, 11) is 0. The van der Waals surface area contributed by atoms with E-state index in [2.05, 4.69) is 5.48 Å². The molecule has 0 spiro atoms. The van der Waals surface area contributed by atoms with Crippen LogP contribution in [0.1, 0.15) is 24.0 Å². The number of hydrogen-bond acceptors (Lipinski definition) is 4. The van der Waals surface area contributed by atoms with E-state index < -0.39 is 6.10 Å². The van der Waals surface area contributed by atoms with Crippen molar-refractivity contribution >= 4 is 5.91 Å². The number of rotatable bonds is 10. The SMILES string of the molecule is O=C(C[C@H](O)CCOCc1ccccc1)NOCc1ccccc1. The number of hydroxylamine groups is 1. The Morgan fingerprint density at radius 1 is 0.958 bits per heavy atom. The minimum Gasteiger partial charge on any atom is -0.393 e. The number of carbonyl (C=O) groups excluding carboxylic acids is 1. The normalized spacial score (nSPS) is 11.9. The van der Waals surface area contributed by atoms with Crippen LogP contribution < -0.4 is 5.48 Å². The molecule has 0 aromatic heterocycles. The van der Waals surface area contributed by atoms with Crippen molar-refractivity contribution in [3.8, 4) is 0 Å². The van der Waals surface area contributed by atoms with Crippen molar-refractivity contribution in [1.82, 2.24) is 5.48 Å². The summed E-state index contributed by atoms with van der Waals surface area (Å²) in [4.78, 5) is 16.8. The van der Waals surface area contributed by atoms with Gasteiger partial charge in [0.15, 0.2) is 0 Å². The lowest BCUT2D eigenvalue weighted by molar-refractivity contribution is -0.136. The highest BCUT2D eigenvalue weighted by Crippen LogP contribution is 2.04. The monoisotopic (exact) mass is 329 g/mol. The predicted molar refractivity (Wildman–Crippen MR) is 90.7 cm³/mol. The van der Waals surface area contributed by atoms with Gasteiger partial charge in [-0.2, -0.15) is 0 Å². The third-order valence-corrected chi connectivity index (χ3v) is 3.40. The van der Waals surface area contributed by atoms with Crippen molar-refractivity contribution in [1.29, 1.82) is 0 Å². The van der Waals surface area contributed by atoms with Gasteiger partial charge in [-0.25, -0.2) is 5.48 Å². The third kappa shape index (κ3) is 7.37. The van der Waals surface area contributed by atoms with Crippen LogP contribution in [0.2, 0.25) is 0 Å². The number of aliphatic hydroxyl groups is 1. The minimum atomic E-state index is -0.749. The highest BCUT2D eigenvalue weighted by molar-refractivity contribution is 5.75. The van der Waals surface area contributed by atoms with Crippen LogP contribution in [0.5, 0.6) is 0 Å². The van der Waals surface area contributed by atoms with E-state index in [0.717, 1.165) is 11.1 Å². The molecule has 0 bridgehead atoms. The molecule has 5 heteroatoms. The number of aliphatic hydroxyl groups excluding tert-OH is 1. The van der Waals surface area contributed by atoms with Crippen LogP contribution in [-0.2, 0) is 27.6 Å². The fourth-order valence-electron chi connectivity index (χ4n) is 2.12. The molecule has 5 nitrogen and oxygen atoms in total. The molecule has 2 rings (SSSR count). The van der Waals surface area contributed by atoms with E-state index >= 15 is 0 Å². The number of ether oxygens (including phenoxy) is 1. The number of amides is 1. The summed E-state index contributed by atoms with van der Waals surface area (Å²) in [5.41, 5.74) is 4.39. The second kappa shape index (κ2) is 10.5. The first kappa shape index (κ1) is 18.1. The van der Waals surface area contributed by atoms with Crippen molar-refractivity contribution in [2.24, 2.45) is 0 Å². The Bertz CT molecular complexity index is 589. The number of carbonyl (C=O) groups is 1. The quantitative estimate of drug-likeness (QED) is 0.519. The zero-order valence-electron chi connectivity index (χ0n) is 13.6. The fraction of sp³-hybridized carbons (Fsp3) is 0.316. The molecule has 0 aliphatic carbocycles. The average Bonchev–Trinajstić information content (AvgIpc) is 2.60. The molecular weight excluding hydrogens is 306 g/mol. The smallest absolute Gasteiger partial charge is 0.246 e. The Kier molecular flexibility index (Phi) is 7.97. The summed E-state index contributed by atoms with van der Waals surface area (Å²) in [6.45, 7) is 1.19. The van der Waals surface area contributed by atoms with Crippen LogP contribution in [0.3, 0.4) is 0 Å². The van der Waals surface area contributed by atoms with E-state index in [1.165, 1.54) is 0 Å². The van der Waals surface area contributed by atoms with Crippen molar-refractivity contribution in [3.63, 3.8) is 0 Å². The zero-order chi connectivity index (χ0) is 17.0. The lowest BCUT2D eigenvalue weighted by atomic mass is 10.2. The molecule has 1 amide bonds. The molecule has 0 fully saturated rings. The molecule has 0 unspecified atom stereocenters. The second-order valence-corrected chi connectivity index (χ2v) is 5.48. The molecule has 0 saturated carbocycles. The molecule has 2 aromatic carbocycles. The van der Waals surface area contributed by atoms with Crippen LogP contribution in [0.4, 0.5) is 0 Å². The van der Waals surface area contributed by atoms with E-state index in [0.29, 0.717) is 26.2 Å². The van der Waals surface area contributed by atoms with Crippen molar-refractivity contribution in [2.45, 2.75) is 32.2 Å². The number of benzene rings is 2. The highest BCUT2D eigenvalue weighted by atomic mass is 16.6. The molecule has 1 atom stereocenters. The maximum atomic E-state index is 11.7. The molecule has 128 valence electrons. The van der Waals surface area contributed by atoms with E-state index in [-0.39, 0.29) is 12.3 Å². The molecular formula is C19H23NO4. The Morgan fingerprint density at radius 2 is 1.54 bits per heavy atom. The lowest BCUT2D eigenvalue weighted by Crippen LogP contribution is -2.28. The van der Waals surface area contributed by atoms with E-state index in [1.807, 2.05) is 60.7 Å². The van der Waals surface area contributed by atoms with Gasteiger partial charge in [-0.05, 0) is 17.5 Å². The first-order valence-electron chi connectivity index (χ1n) is 7.98. The van der Waals surface area contributed by atoms with Gasteiger partial charge in [-0.3, -0.25) is 9.63 Å². The summed E-state index contributed by atoms with van der Waals surface area (Å²) >= 11 is 0. The van der Waals surface area contributed by atoms with Gasteiger partial charge in [0.2, 0.25) is 5.91 Å². The van der Waals surface area contributed by atoms with Crippen LogP contribution in [-0.4, -0.2) is 23.7 Å². The largest absolute Gasteiger partial charge is 0.393 e. The van der Waals surface area contributed by atoms with Gasteiger partial charge < -0.3 is 9.84 Å². The van der Waals surface area contributed by atoms with Crippen LogP contribution in [0.15, 0.2) is 60.7 Å². The maximum Gasteiger partial charge on any atom is 0.246 e. The minimum absolute atomic E-state index is 0.0104. The molecule has 24 heavy (non-hydrogen) atoms. The highest BCUT2D eigenvalue weighted by Gasteiger charge is 2.11. The van der Waals surface area contributed by atoms with Crippen molar-refractivity contribution in [3.05, 3.63) is 71.8 Å². The van der Waals surface area contributed by atoms with Crippen LogP contribution in [0, 0.1) is 0 Å². The number of nitrogens with one attached hydrogen (secondary N) is 1. The van der Waals surface area contributed by atoms with E-state index in [1.54, 1.807) is 0 Å². The average molecular weight is 329 g/mol. The van der Waals surface area contributed by atoms with Gasteiger partial charge in [0.25, 0.3) is 0 Å². The molecule has 0 aliphatic rings. The van der Waals surface area contributed by atoms with Crippen molar-refractivity contribution in [2.75, 3.05) is 6.61 Å². The zero-order valence-corrected chi connectivity index (χ0v) is 13.6. The standard InChI is InChI=1S/C19H23NO4/c21-18(11-12-23-14-16-7-3-1-4-8-16)13-19(22)20-24-15-17-9-5-2-6-10-17/h1-10,18,21H,11-15H2,(H,20,22)/t18-/m1/s1. The molecule has 0 saturated heterocycles. The topological polar surface area (TPSA) is 67.8 Å². The van der Waals surface area contributed by atoms with Gasteiger partial charge in [-0.1, -0.05) is 60.7 Å². The summed E-state index contributed by atoms with van der Waals surface area (Å²) in [6.07, 6.45) is -0.358. The summed E-state index contributed by atoms with van der Waals surface area (Å²) in [5.74, 6) is -0.346. The van der Waals surface area contributed by atoms with Gasteiger partial charge in [0.1, 0.15) is 0 Å². The van der Waals surface area contributed by atoms with Gasteiger partial charge in [-0.15, -0.1) is 0 Å². The summed E-state index contributed by atoms with van der Waals surface area (Å²) in [6, 6.07) is 19.3. The summed E-state index contributed by atoms with van der Waals surface area (Å²) < 4.78 is 5.49. The first-order valence-corrected chi connectivity index (χ1v) is 7.98. The Hall–Kier alpha value is -2.21. The Labute approximate surface area is 142 Å². The maximum absolute atomic E-state index is 11.7. The molecule has 2 N–H and O–H groups in total. The second-order valence-electron chi connectivity index (χ2n) is 5.48. The first-order chi connectivity index (χ1) is 11.7. The number of hydrogen-bond donors (Lipinski definition) is 2. The van der Waals surface area contributed by atoms with E-state index in [4.69, 9.17) is 9.57 Å². The van der Waals surface area contributed by atoms with Crippen LogP contribution >= 0.6 is 0 Å². The van der Waals surface area contributed by atoms with Gasteiger partial charge >= 0.3 is 0 Å². The molecule has 2 aromatic rings. The lowest BCUT2D eigenvalue weighted by Gasteiger charge is -2.11. The Morgan fingerprint density at radius 3 is 2.17 bits per heavy atom. The Balaban J connectivity index is 1.53. The predicted octanol–water partition coefficient (Wildman–Crippen LogP) is 2.59. The molecule has 0 aliphatic heterocycles. The van der Waals surface area contributed by atoms with Crippen molar-refractivity contribution < 1.29 is 19.5 Å². The van der Waals surface area contributed by atoms with Gasteiger partial charge in [0.05, 0.1) is 25.7 Å². The summed E-state index contributed by atoms with van der Waals surface area (Å²) in [5, 5.41) is 9.84.